The van der Waals surface area contributed by atoms with Crippen LogP contribution < -0.4 is 0 Å². The van der Waals surface area contributed by atoms with E-state index in [0.717, 1.165) is 11.5 Å². The maximum Gasteiger partial charge on any atom is -0.0320 e. The average Bonchev–Trinajstić information content (AvgIpc) is 2.02. The third kappa shape index (κ3) is 9.31. The summed E-state index contributed by atoms with van der Waals surface area (Å²) in [5.41, 5.74) is 2.57. The Morgan fingerprint density at radius 2 is 1.93 bits per heavy atom. The van der Waals surface area contributed by atoms with Crippen molar-refractivity contribution in [1.82, 2.24) is 0 Å². The molecule has 0 fully saturated rings. The van der Waals surface area contributed by atoms with E-state index >= 15 is 0 Å². The van der Waals surface area contributed by atoms with Crippen LogP contribution in [-0.2, 0) is 0 Å². The zero-order chi connectivity index (χ0) is 11.0. The first-order valence-corrected chi connectivity index (χ1v) is 5.51. The number of rotatable bonds is 6. The molecule has 0 aliphatic heterocycles. The highest BCUT2D eigenvalue weighted by molar-refractivity contribution is 5.19. The first-order valence-electron chi connectivity index (χ1n) is 5.51. The molecule has 80 valence electrons. The molecule has 0 radical (unpaired) electrons. The lowest BCUT2D eigenvalue weighted by molar-refractivity contribution is 0.555. The standard InChI is InChI=1S/C14H24/c1-12(2)8-6-10-14(5)11-7-9-13(3)4/h6,8,10,13H,1,7,9,11H2,2-5H3/b8-6+,14-10+. The SMILES string of the molecule is C=C(C)/C=C/C=C(\C)CCCC(C)C. The third-order valence-corrected chi connectivity index (χ3v) is 2.11. The van der Waals surface area contributed by atoms with Crippen molar-refractivity contribution < 1.29 is 0 Å². The molecule has 0 rings (SSSR count). The second-order valence-corrected chi connectivity index (χ2v) is 4.50. The molecule has 0 atom stereocenters. The van der Waals surface area contributed by atoms with E-state index in [9.17, 15) is 0 Å². The Balaban J connectivity index is 3.72. The fraction of sp³-hybridized carbons (Fsp3) is 0.571. The van der Waals surface area contributed by atoms with E-state index in [1.807, 2.05) is 13.0 Å². The van der Waals surface area contributed by atoms with Crippen LogP contribution in [0.2, 0.25) is 0 Å². The summed E-state index contributed by atoms with van der Waals surface area (Å²) in [5, 5.41) is 0. The molecule has 0 unspecified atom stereocenters. The summed E-state index contributed by atoms with van der Waals surface area (Å²) in [4.78, 5) is 0. The van der Waals surface area contributed by atoms with Gasteiger partial charge in [0.05, 0.1) is 0 Å². The highest BCUT2D eigenvalue weighted by atomic mass is 14.0. The molecule has 0 bridgehead atoms. The van der Waals surface area contributed by atoms with Crippen LogP contribution in [0.5, 0.6) is 0 Å². The predicted molar refractivity (Wildman–Crippen MR) is 66.4 cm³/mol. The van der Waals surface area contributed by atoms with Gasteiger partial charge in [0.1, 0.15) is 0 Å². The van der Waals surface area contributed by atoms with Crippen LogP contribution in [0.3, 0.4) is 0 Å². The Morgan fingerprint density at radius 3 is 2.43 bits per heavy atom. The molecule has 0 aliphatic rings. The highest BCUT2D eigenvalue weighted by Gasteiger charge is 1.94. The van der Waals surface area contributed by atoms with E-state index in [2.05, 4.69) is 39.5 Å². The van der Waals surface area contributed by atoms with Crippen molar-refractivity contribution in [3.63, 3.8) is 0 Å². The molecule has 14 heavy (non-hydrogen) atoms. The van der Waals surface area contributed by atoms with E-state index in [1.165, 1.54) is 24.8 Å². The maximum atomic E-state index is 3.82. The third-order valence-electron chi connectivity index (χ3n) is 2.11. The Labute approximate surface area is 89.4 Å². The monoisotopic (exact) mass is 192 g/mol. The minimum absolute atomic E-state index is 0.828. The Bertz CT molecular complexity index is 216. The second-order valence-electron chi connectivity index (χ2n) is 4.50. The first-order chi connectivity index (χ1) is 6.52. The summed E-state index contributed by atoms with van der Waals surface area (Å²) in [5.74, 6) is 0.828. The van der Waals surface area contributed by atoms with E-state index in [1.54, 1.807) is 0 Å². The molecule has 0 heterocycles. The molecule has 0 aromatic carbocycles. The molecule has 0 N–H and O–H groups in total. The highest BCUT2D eigenvalue weighted by Crippen LogP contribution is 2.11. The van der Waals surface area contributed by atoms with Gasteiger partial charge in [-0.25, -0.2) is 0 Å². The molecule has 0 spiro atoms. The van der Waals surface area contributed by atoms with E-state index < -0.39 is 0 Å². The van der Waals surface area contributed by atoms with Crippen LogP contribution in [0, 0.1) is 5.92 Å². The first kappa shape index (κ1) is 13.2. The van der Waals surface area contributed by atoms with Crippen molar-refractivity contribution >= 4 is 0 Å². The van der Waals surface area contributed by atoms with E-state index in [-0.39, 0.29) is 0 Å². The lowest BCUT2D eigenvalue weighted by Crippen LogP contribution is -1.87. The number of allylic oxidation sites excluding steroid dienone is 5. The van der Waals surface area contributed by atoms with Crippen LogP contribution in [0.4, 0.5) is 0 Å². The molecular weight excluding hydrogens is 168 g/mol. The summed E-state index contributed by atoms with van der Waals surface area (Å²) < 4.78 is 0. The fourth-order valence-corrected chi connectivity index (χ4v) is 1.25. The molecule has 0 aliphatic carbocycles. The Hall–Kier alpha value is -0.780. The van der Waals surface area contributed by atoms with Crippen LogP contribution in [0.15, 0.2) is 36.0 Å². The van der Waals surface area contributed by atoms with Crippen LogP contribution in [0.25, 0.3) is 0 Å². The molecule has 0 saturated carbocycles. The van der Waals surface area contributed by atoms with Crippen molar-refractivity contribution in [3.05, 3.63) is 36.0 Å². The summed E-state index contributed by atoms with van der Waals surface area (Å²) in [7, 11) is 0. The van der Waals surface area contributed by atoms with Gasteiger partial charge in [0.15, 0.2) is 0 Å². The Morgan fingerprint density at radius 1 is 1.29 bits per heavy atom. The van der Waals surface area contributed by atoms with Crippen molar-refractivity contribution in [3.8, 4) is 0 Å². The van der Waals surface area contributed by atoms with Gasteiger partial charge in [-0.3, -0.25) is 0 Å². The summed E-state index contributed by atoms with van der Waals surface area (Å²) in [6, 6.07) is 0. The molecule has 0 aromatic heterocycles. The fourth-order valence-electron chi connectivity index (χ4n) is 1.25. The zero-order valence-corrected chi connectivity index (χ0v) is 10.1. The minimum Gasteiger partial charge on any atom is -0.0961 e. The van der Waals surface area contributed by atoms with Gasteiger partial charge in [-0.15, -0.1) is 0 Å². The lowest BCUT2D eigenvalue weighted by Gasteiger charge is -2.03. The zero-order valence-electron chi connectivity index (χ0n) is 10.1. The van der Waals surface area contributed by atoms with Crippen LogP contribution in [0.1, 0.15) is 47.0 Å². The van der Waals surface area contributed by atoms with Crippen molar-refractivity contribution in [2.75, 3.05) is 0 Å². The Kier molecular flexibility index (Phi) is 7.18. The summed E-state index contributed by atoms with van der Waals surface area (Å²) in [6.45, 7) is 12.6. The lowest BCUT2D eigenvalue weighted by atomic mass is 10.0. The topological polar surface area (TPSA) is 0 Å². The normalized spacial score (nSPS) is 12.8. The van der Waals surface area contributed by atoms with E-state index in [0.29, 0.717) is 0 Å². The maximum absolute atomic E-state index is 3.82. The molecule has 0 heteroatoms. The smallest absolute Gasteiger partial charge is 0.0320 e. The summed E-state index contributed by atoms with van der Waals surface area (Å²) in [6.07, 6.45) is 10.2. The van der Waals surface area contributed by atoms with Gasteiger partial charge in [0, 0.05) is 0 Å². The number of hydrogen-bond donors (Lipinski definition) is 0. The molecular formula is C14H24. The van der Waals surface area contributed by atoms with Gasteiger partial charge >= 0.3 is 0 Å². The van der Waals surface area contributed by atoms with Crippen molar-refractivity contribution in [2.24, 2.45) is 5.92 Å². The van der Waals surface area contributed by atoms with Gasteiger partial charge in [0.2, 0.25) is 0 Å². The molecule has 0 saturated heterocycles. The van der Waals surface area contributed by atoms with Crippen molar-refractivity contribution in [1.29, 1.82) is 0 Å². The average molecular weight is 192 g/mol. The van der Waals surface area contributed by atoms with Crippen molar-refractivity contribution in [2.45, 2.75) is 47.0 Å². The predicted octanol–water partition coefficient (Wildman–Crippen LogP) is 4.89. The molecule has 0 nitrogen and oxygen atoms in total. The second kappa shape index (κ2) is 7.61. The van der Waals surface area contributed by atoms with Gasteiger partial charge in [-0.1, -0.05) is 56.2 Å². The van der Waals surface area contributed by atoms with Gasteiger partial charge in [-0.2, -0.15) is 0 Å². The van der Waals surface area contributed by atoms with Crippen LogP contribution in [-0.4, -0.2) is 0 Å². The quantitative estimate of drug-likeness (QED) is 0.525. The largest absolute Gasteiger partial charge is 0.0961 e. The molecule has 0 aromatic rings. The van der Waals surface area contributed by atoms with Crippen LogP contribution >= 0.6 is 0 Å². The molecule has 0 amide bonds. The summed E-state index contributed by atoms with van der Waals surface area (Å²) >= 11 is 0. The number of hydrogen-bond acceptors (Lipinski definition) is 0. The van der Waals surface area contributed by atoms with E-state index in [4.69, 9.17) is 0 Å². The van der Waals surface area contributed by atoms with Gasteiger partial charge in [0.25, 0.3) is 0 Å². The van der Waals surface area contributed by atoms with Gasteiger partial charge < -0.3 is 0 Å². The van der Waals surface area contributed by atoms with Gasteiger partial charge in [-0.05, 0) is 32.6 Å². The minimum atomic E-state index is 0.828.